The first-order valence-corrected chi connectivity index (χ1v) is 8.44. The number of piperidine rings is 1. The molecular formula is C15H23N3OS. The van der Waals surface area contributed by atoms with Crippen LogP contribution in [-0.2, 0) is 11.3 Å². The highest BCUT2D eigenvalue weighted by atomic mass is 32.1. The van der Waals surface area contributed by atoms with Gasteiger partial charge in [0.05, 0.1) is 10.7 Å². The molecule has 1 amide bonds. The maximum absolute atomic E-state index is 11.4. The Balaban J connectivity index is 1.49. The van der Waals surface area contributed by atoms with Crippen molar-refractivity contribution in [1.29, 1.82) is 0 Å². The maximum Gasteiger partial charge on any atom is 0.219 e. The number of likely N-dealkylation sites (tertiary alicyclic amines) is 1. The van der Waals surface area contributed by atoms with Crippen LogP contribution in [0, 0.1) is 5.92 Å². The number of nitrogens with zero attached hydrogens (tertiary/aromatic N) is 2. The first kappa shape index (κ1) is 14.0. The van der Waals surface area contributed by atoms with Gasteiger partial charge in [0.2, 0.25) is 5.91 Å². The summed E-state index contributed by atoms with van der Waals surface area (Å²) in [7, 11) is 0. The van der Waals surface area contributed by atoms with Crippen molar-refractivity contribution in [3.05, 3.63) is 16.1 Å². The molecule has 3 rings (SSSR count). The molecule has 0 radical (unpaired) electrons. The molecule has 0 spiro atoms. The summed E-state index contributed by atoms with van der Waals surface area (Å²) in [5.74, 6) is 1.46. The van der Waals surface area contributed by atoms with Crippen LogP contribution < -0.4 is 5.32 Å². The second-order valence-electron chi connectivity index (χ2n) is 6.17. The minimum Gasteiger partial charge on any atom is -0.343 e. The zero-order valence-electron chi connectivity index (χ0n) is 12.3. The molecule has 0 unspecified atom stereocenters. The van der Waals surface area contributed by atoms with Gasteiger partial charge in [0, 0.05) is 43.9 Å². The summed E-state index contributed by atoms with van der Waals surface area (Å²) in [4.78, 5) is 18.1. The molecule has 2 heterocycles. The number of nitrogens with one attached hydrogen (secondary N) is 1. The van der Waals surface area contributed by atoms with Crippen LogP contribution in [0.4, 0.5) is 0 Å². The van der Waals surface area contributed by atoms with Crippen LogP contribution in [0.15, 0.2) is 5.38 Å². The third-order valence-corrected chi connectivity index (χ3v) is 5.45. The summed E-state index contributed by atoms with van der Waals surface area (Å²) in [6.45, 7) is 6.50. The summed E-state index contributed by atoms with van der Waals surface area (Å²) in [5.41, 5.74) is 1.18. The Morgan fingerprint density at radius 3 is 2.95 bits per heavy atom. The van der Waals surface area contributed by atoms with E-state index in [4.69, 9.17) is 4.98 Å². The molecule has 20 heavy (non-hydrogen) atoms. The van der Waals surface area contributed by atoms with Crippen molar-refractivity contribution in [2.75, 3.05) is 13.1 Å². The average Bonchev–Trinajstić information content (AvgIpc) is 3.17. The summed E-state index contributed by atoms with van der Waals surface area (Å²) in [5, 5.41) is 7.14. The third-order valence-electron chi connectivity index (χ3n) is 4.39. The molecule has 110 valence electrons. The molecular weight excluding hydrogens is 270 g/mol. The second kappa shape index (κ2) is 5.82. The van der Waals surface area contributed by atoms with Crippen LogP contribution in [0.1, 0.15) is 49.7 Å². The highest BCUT2D eigenvalue weighted by molar-refractivity contribution is 7.09. The Labute approximate surface area is 124 Å². The lowest BCUT2D eigenvalue weighted by atomic mass is 9.94. The topological polar surface area (TPSA) is 45.2 Å². The number of rotatable bonds is 4. The predicted octanol–water partition coefficient (Wildman–Crippen LogP) is 2.37. The fourth-order valence-electron chi connectivity index (χ4n) is 2.89. The van der Waals surface area contributed by atoms with E-state index in [0.717, 1.165) is 32.0 Å². The van der Waals surface area contributed by atoms with Crippen LogP contribution in [0.3, 0.4) is 0 Å². The van der Waals surface area contributed by atoms with Gasteiger partial charge in [-0.15, -0.1) is 11.3 Å². The molecule has 1 N–H and O–H groups in total. The minimum absolute atomic E-state index is 0.198. The first-order valence-electron chi connectivity index (χ1n) is 7.56. The predicted molar refractivity (Wildman–Crippen MR) is 80.8 cm³/mol. The van der Waals surface area contributed by atoms with E-state index in [2.05, 4.69) is 17.6 Å². The second-order valence-corrected chi connectivity index (χ2v) is 7.06. The zero-order valence-corrected chi connectivity index (χ0v) is 13.1. The maximum atomic E-state index is 11.4. The van der Waals surface area contributed by atoms with Gasteiger partial charge in [-0.25, -0.2) is 4.98 Å². The van der Waals surface area contributed by atoms with Gasteiger partial charge < -0.3 is 10.2 Å². The standard InChI is InChI=1S/C15H23N3OS/c1-10-8-18(11(2)19)6-5-14(10)16-7-13-9-20-15(17-13)12-3-4-12/h9-10,12,14,16H,3-8H2,1-2H3/t10-,14+/m0/s1. The lowest BCUT2D eigenvalue weighted by Crippen LogP contribution is -2.49. The van der Waals surface area contributed by atoms with Crippen LogP contribution in [0.2, 0.25) is 0 Å². The molecule has 5 heteroatoms. The summed E-state index contributed by atoms with van der Waals surface area (Å²) < 4.78 is 0. The smallest absolute Gasteiger partial charge is 0.219 e. The lowest BCUT2D eigenvalue weighted by Gasteiger charge is -2.36. The van der Waals surface area contributed by atoms with E-state index in [9.17, 15) is 4.79 Å². The third kappa shape index (κ3) is 3.20. The van der Waals surface area contributed by atoms with E-state index in [1.807, 2.05) is 16.2 Å². The van der Waals surface area contributed by atoms with Gasteiger partial charge in [-0.1, -0.05) is 6.92 Å². The number of hydrogen-bond donors (Lipinski definition) is 1. The molecule has 2 aliphatic rings. The van der Waals surface area contributed by atoms with Gasteiger partial charge >= 0.3 is 0 Å². The summed E-state index contributed by atoms with van der Waals surface area (Å²) in [6.07, 6.45) is 3.68. The van der Waals surface area contributed by atoms with Gasteiger partial charge in [-0.05, 0) is 25.2 Å². The SMILES string of the molecule is CC(=O)N1CC[C@@H](NCc2csc(C3CC3)n2)[C@@H](C)C1. The quantitative estimate of drug-likeness (QED) is 0.927. The largest absolute Gasteiger partial charge is 0.343 e. The molecule has 1 aromatic rings. The molecule has 0 bridgehead atoms. The molecule has 1 saturated carbocycles. The molecule has 1 aromatic heterocycles. The summed E-state index contributed by atoms with van der Waals surface area (Å²) >= 11 is 1.81. The van der Waals surface area contributed by atoms with E-state index in [1.54, 1.807) is 6.92 Å². The molecule has 1 aliphatic carbocycles. The van der Waals surface area contributed by atoms with Crippen LogP contribution >= 0.6 is 11.3 Å². The zero-order chi connectivity index (χ0) is 14.1. The van der Waals surface area contributed by atoms with Crippen LogP contribution in [-0.4, -0.2) is 34.9 Å². The van der Waals surface area contributed by atoms with Crippen molar-refractivity contribution in [2.24, 2.45) is 5.92 Å². The van der Waals surface area contributed by atoms with Gasteiger partial charge in [-0.2, -0.15) is 0 Å². The minimum atomic E-state index is 0.198. The number of amides is 1. The fourth-order valence-corrected chi connectivity index (χ4v) is 3.88. The molecule has 0 aromatic carbocycles. The van der Waals surface area contributed by atoms with Gasteiger partial charge in [0.25, 0.3) is 0 Å². The molecule has 1 aliphatic heterocycles. The number of carbonyl (C=O) groups excluding carboxylic acids is 1. The van der Waals surface area contributed by atoms with Crippen molar-refractivity contribution in [1.82, 2.24) is 15.2 Å². The Morgan fingerprint density at radius 1 is 1.50 bits per heavy atom. The van der Waals surface area contributed by atoms with E-state index in [0.29, 0.717) is 12.0 Å². The highest BCUT2D eigenvalue weighted by Crippen LogP contribution is 2.41. The van der Waals surface area contributed by atoms with E-state index in [1.165, 1.54) is 23.5 Å². The Morgan fingerprint density at radius 2 is 2.30 bits per heavy atom. The molecule has 4 nitrogen and oxygen atoms in total. The molecule has 2 atom stereocenters. The first-order chi connectivity index (χ1) is 9.63. The number of carbonyl (C=O) groups is 1. The highest BCUT2D eigenvalue weighted by Gasteiger charge is 2.28. The van der Waals surface area contributed by atoms with E-state index < -0.39 is 0 Å². The number of aromatic nitrogens is 1. The molecule has 1 saturated heterocycles. The Bertz CT molecular complexity index is 483. The van der Waals surface area contributed by atoms with Crippen molar-refractivity contribution in [2.45, 2.75) is 51.6 Å². The van der Waals surface area contributed by atoms with E-state index in [-0.39, 0.29) is 5.91 Å². The Hall–Kier alpha value is -0.940. The fraction of sp³-hybridized carbons (Fsp3) is 0.733. The molecule has 2 fully saturated rings. The lowest BCUT2D eigenvalue weighted by molar-refractivity contribution is -0.130. The van der Waals surface area contributed by atoms with Crippen molar-refractivity contribution < 1.29 is 4.79 Å². The van der Waals surface area contributed by atoms with Gasteiger partial charge in [0.15, 0.2) is 0 Å². The van der Waals surface area contributed by atoms with Crippen molar-refractivity contribution in [3.63, 3.8) is 0 Å². The van der Waals surface area contributed by atoms with Crippen molar-refractivity contribution in [3.8, 4) is 0 Å². The number of thiazole rings is 1. The van der Waals surface area contributed by atoms with Crippen LogP contribution in [0.25, 0.3) is 0 Å². The van der Waals surface area contributed by atoms with E-state index >= 15 is 0 Å². The van der Waals surface area contributed by atoms with Gasteiger partial charge in [-0.3, -0.25) is 4.79 Å². The normalized spacial score (nSPS) is 26.8. The number of hydrogen-bond acceptors (Lipinski definition) is 4. The Kier molecular flexibility index (Phi) is 4.08. The summed E-state index contributed by atoms with van der Waals surface area (Å²) in [6, 6.07) is 0.497. The van der Waals surface area contributed by atoms with Crippen molar-refractivity contribution >= 4 is 17.2 Å². The average molecular weight is 293 g/mol. The monoisotopic (exact) mass is 293 g/mol. The van der Waals surface area contributed by atoms with Crippen LogP contribution in [0.5, 0.6) is 0 Å². The van der Waals surface area contributed by atoms with Gasteiger partial charge in [0.1, 0.15) is 0 Å².